The molecule has 72 valence electrons. The van der Waals surface area contributed by atoms with Crippen LogP contribution < -0.4 is 0 Å². The van der Waals surface area contributed by atoms with E-state index in [4.69, 9.17) is 0 Å². The Morgan fingerprint density at radius 1 is 1.23 bits per heavy atom. The van der Waals surface area contributed by atoms with Gasteiger partial charge in [0.1, 0.15) is 0 Å². The molecular formula is C11H15BrS. The van der Waals surface area contributed by atoms with Crippen molar-refractivity contribution in [2.24, 2.45) is 0 Å². The van der Waals surface area contributed by atoms with E-state index < -0.39 is 0 Å². The Hall–Kier alpha value is 0.0500. The first-order valence-electron chi connectivity index (χ1n) is 4.36. The lowest BCUT2D eigenvalue weighted by Gasteiger charge is -2.19. The zero-order valence-electron chi connectivity index (χ0n) is 8.30. The summed E-state index contributed by atoms with van der Waals surface area (Å²) in [6.07, 6.45) is 0. The minimum absolute atomic E-state index is 0.290. The molecule has 0 heterocycles. The van der Waals surface area contributed by atoms with Gasteiger partial charge >= 0.3 is 0 Å². The van der Waals surface area contributed by atoms with E-state index in [0.717, 1.165) is 5.33 Å². The van der Waals surface area contributed by atoms with Crippen molar-refractivity contribution in [3.8, 4) is 0 Å². The highest BCUT2D eigenvalue weighted by Gasteiger charge is 2.13. The van der Waals surface area contributed by atoms with E-state index >= 15 is 0 Å². The van der Waals surface area contributed by atoms with Gasteiger partial charge in [-0.1, -0.05) is 54.9 Å². The van der Waals surface area contributed by atoms with Crippen LogP contribution >= 0.6 is 27.7 Å². The van der Waals surface area contributed by atoms with E-state index in [0.29, 0.717) is 0 Å². The van der Waals surface area contributed by atoms with Gasteiger partial charge in [0.25, 0.3) is 0 Å². The molecule has 0 radical (unpaired) electrons. The second-order valence-corrected chi connectivity index (χ2v) is 6.39. The molecule has 2 heteroatoms. The Balaban J connectivity index is 2.87. The fourth-order valence-corrected chi connectivity index (χ4v) is 2.80. The second kappa shape index (κ2) is 4.52. The summed E-state index contributed by atoms with van der Waals surface area (Å²) in [6, 6.07) is 8.54. The van der Waals surface area contributed by atoms with E-state index in [-0.39, 0.29) is 4.75 Å². The van der Waals surface area contributed by atoms with Gasteiger partial charge in [-0.25, -0.2) is 0 Å². The van der Waals surface area contributed by atoms with Crippen LogP contribution in [0.1, 0.15) is 26.3 Å². The zero-order valence-corrected chi connectivity index (χ0v) is 10.7. The summed E-state index contributed by atoms with van der Waals surface area (Å²) >= 11 is 5.42. The summed E-state index contributed by atoms with van der Waals surface area (Å²) in [5.74, 6) is 0. The molecule has 0 bridgehead atoms. The number of halogens is 1. The van der Waals surface area contributed by atoms with Crippen LogP contribution in [0.3, 0.4) is 0 Å². The molecular weight excluding hydrogens is 244 g/mol. The maximum absolute atomic E-state index is 3.50. The lowest BCUT2D eigenvalue weighted by molar-refractivity contribution is 0.802. The summed E-state index contributed by atoms with van der Waals surface area (Å²) in [4.78, 5) is 1.38. The Labute approximate surface area is 93.2 Å². The maximum Gasteiger partial charge on any atom is 0.0294 e. The zero-order chi connectivity index (χ0) is 9.90. The van der Waals surface area contributed by atoms with Crippen molar-refractivity contribution in [2.75, 3.05) is 0 Å². The molecule has 0 spiro atoms. The van der Waals surface area contributed by atoms with Gasteiger partial charge in [0.05, 0.1) is 0 Å². The third-order valence-corrected chi connectivity index (χ3v) is 3.37. The number of hydrogen-bond acceptors (Lipinski definition) is 1. The van der Waals surface area contributed by atoms with Crippen molar-refractivity contribution < 1.29 is 0 Å². The van der Waals surface area contributed by atoms with Crippen LogP contribution in [0, 0.1) is 0 Å². The van der Waals surface area contributed by atoms with Crippen molar-refractivity contribution in [3.05, 3.63) is 29.8 Å². The van der Waals surface area contributed by atoms with Crippen LogP contribution in [-0.2, 0) is 5.33 Å². The average molecular weight is 259 g/mol. The highest BCUT2D eigenvalue weighted by molar-refractivity contribution is 9.08. The van der Waals surface area contributed by atoms with Crippen molar-refractivity contribution in [2.45, 2.75) is 35.7 Å². The summed E-state index contributed by atoms with van der Waals surface area (Å²) in [5.41, 5.74) is 1.38. The van der Waals surface area contributed by atoms with E-state index in [1.54, 1.807) is 0 Å². The average Bonchev–Trinajstić information content (AvgIpc) is 2.02. The van der Waals surface area contributed by atoms with Crippen molar-refractivity contribution in [1.82, 2.24) is 0 Å². The van der Waals surface area contributed by atoms with Crippen molar-refractivity contribution >= 4 is 27.7 Å². The summed E-state index contributed by atoms with van der Waals surface area (Å²) in [5, 5.41) is 0.937. The number of thioether (sulfide) groups is 1. The largest absolute Gasteiger partial charge is 0.120 e. The first-order valence-corrected chi connectivity index (χ1v) is 6.29. The Kier molecular flexibility index (Phi) is 3.87. The SMILES string of the molecule is CC(C)(C)Sc1ccccc1CBr. The number of hydrogen-bond donors (Lipinski definition) is 0. The van der Waals surface area contributed by atoms with Crippen molar-refractivity contribution in [3.63, 3.8) is 0 Å². The Morgan fingerprint density at radius 3 is 2.38 bits per heavy atom. The molecule has 0 aromatic heterocycles. The molecule has 0 aliphatic carbocycles. The van der Waals surface area contributed by atoms with Crippen LogP contribution in [0.4, 0.5) is 0 Å². The van der Waals surface area contributed by atoms with Crippen LogP contribution in [0.2, 0.25) is 0 Å². The van der Waals surface area contributed by atoms with E-state index in [9.17, 15) is 0 Å². The second-order valence-electron chi connectivity index (χ2n) is 3.96. The minimum atomic E-state index is 0.290. The van der Waals surface area contributed by atoms with Gasteiger partial charge < -0.3 is 0 Å². The molecule has 0 aliphatic heterocycles. The van der Waals surface area contributed by atoms with E-state index in [1.807, 2.05) is 11.8 Å². The van der Waals surface area contributed by atoms with Crippen LogP contribution in [0.15, 0.2) is 29.2 Å². The Morgan fingerprint density at radius 2 is 1.85 bits per heavy atom. The highest BCUT2D eigenvalue weighted by atomic mass is 79.9. The van der Waals surface area contributed by atoms with Gasteiger partial charge in [-0.2, -0.15) is 0 Å². The van der Waals surface area contributed by atoms with E-state index in [2.05, 4.69) is 61.0 Å². The van der Waals surface area contributed by atoms with Gasteiger partial charge in [-0.15, -0.1) is 11.8 Å². The summed E-state index contributed by atoms with van der Waals surface area (Å²) < 4.78 is 0.290. The number of alkyl halides is 1. The molecule has 1 aromatic carbocycles. The minimum Gasteiger partial charge on any atom is -0.120 e. The lowest BCUT2D eigenvalue weighted by Crippen LogP contribution is -2.07. The van der Waals surface area contributed by atoms with Gasteiger partial charge in [-0.05, 0) is 11.6 Å². The monoisotopic (exact) mass is 258 g/mol. The summed E-state index contributed by atoms with van der Waals surface area (Å²) in [7, 11) is 0. The quantitative estimate of drug-likeness (QED) is 0.557. The Bertz CT molecular complexity index is 276. The first kappa shape index (κ1) is 11.1. The lowest BCUT2D eigenvalue weighted by atomic mass is 10.2. The molecule has 13 heavy (non-hydrogen) atoms. The standard InChI is InChI=1S/C11H15BrS/c1-11(2,3)13-10-7-5-4-6-9(10)8-12/h4-7H,8H2,1-3H3. The van der Waals surface area contributed by atoms with Gasteiger partial charge in [0.15, 0.2) is 0 Å². The maximum atomic E-state index is 3.50. The first-order chi connectivity index (χ1) is 6.03. The fourth-order valence-electron chi connectivity index (χ4n) is 1.04. The van der Waals surface area contributed by atoms with Gasteiger partial charge in [0.2, 0.25) is 0 Å². The van der Waals surface area contributed by atoms with Crippen LogP contribution in [-0.4, -0.2) is 4.75 Å². The van der Waals surface area contributed by atoms with Crippen LogP contribution in [0.5, 0.6) is 0 Å². The number of benzene rings is 1. The molecule has 0 atom stereocenters. The molecule has 0 saturated heterocycles. The third kappa shape index (κ3) is 3.74. The predicted molar refractivity (Wildman–Crippen MR) is 64.7 cm³/mol. The van der Waals surface area contributed by atoms with E-state index in [1.165, 1.54) is 10.5 Å². The molecule has 0 amide bonds. The highest BCUT2D eigenvalue weighted by Crippen LogP contribution is 2.34. The molecule has 0 N–H and O–H groups in total. The molecule has 0 saturated carbocycles. The normalized spacial score (nSPS) is 11.7. The van der Waals surface area contributed by atoms with Gasteiger partial charge in [-0.3, -0.25) is 0 Å². The fraction of sp³-hybridized carbons (Fsp3) is 0.455. The molecule has 0 aliphatic rings. The molecule has 0 fully saturated rings. The smallest absolute Gasteiger partial charge is 0.0294 e. The molecule has 0 unspecified atom stereocenters. The number of rotatable bonds is 2. The third-order valence-electron chi connectivity index (χ3n) is 1.53. The predicted octanol–water partition coefficient (Wildman–Crippen LogP) is 4.47. The van der Waals surface area contributed by atoms with Gasteiger partial charge in [0, 0.05) is 15.0 Å². The van der Waals surface area contributed by atoms with Crippen molar-refractivity contribution in [1.29, 1.82) is 0 Å². The topological polar surface area (TPSA) is 0 Å². The molecule has 1 rings (SSSR count). The molecule has 0 nitrogen and oxygen atoms in total. The summed E-state index contributed by atoms with van der Waals surface area (Å²) in [6.45, 7) is 6.72. The van der Waals surface area contributed by atoms with Crippen LogP contribution in [0.25, 0.3) is 0 Å². The molecule has 1 aromatic rings.